The Balaban J connectivity index is 1.80. The first kappa shape index (κ1) is 19.9. The number of hydrogen-bond donors (Lipinski definition) is 1. The standard InChI is InChI=1S/C19H23N3O5S/c1-15-6-8-17(9-7-15)28(25,26)22(19(24)21-10-2-3-11-21)14-18(23)20-13-16-5-4-12-27-16/h4-9,12H,2-3,10-11,13-14H2,1H3,(H,20,23). The van der Waals surface area contributed by atoms with Crippen molar-refractivity contribution in [1.82, 2.24) is 14.5 Å². The number of urea groups is 1. The van der Waals surface area contributed by atoms with Gasteiger partial charge >= 0.3 is 6.03 Å². The Kier molecular flexibility index (Phi) is 6.03. The number of benzene rings is 1. The summed E-state index contributed by atoms with van der Waals surface area (Å²) < 4.78 is 32.0. The minimum atomic E-state index is -4.16. The van der Waals surface area contributed by atoms with E-state index in [1.54, 1.807) is 24.3 Å². The van der Waals surface area contributed by atoms with E-state index in [0.29, 0.717) is 23.2 Å². The molecule has 0 spiro atoms. The summed E-state index contributed by atoms with van der Waals surface area (Å²) in [6.07, 6.45) is 3.11. The highest BCUT2D eigenvalue weighted by Gasteiger charge is 2.35. The van der Waals surface area contributed by atoms with Gasteiger partial charge in [0.2, 0.25) is 5.91 Å². The molecule has 0 atom stereocenters. The smallest absolute Gasteiger partial charge is 0.334 e. The van der Waals surface area contributed by atoms with Crippen LogP contribution in [0.5, 0.6) is 0 Å². The molecule has 2 heterocycles. The van der Waals surface area contributed by atoms with Crippen LogP contribution in [-0.2, 0) is 21.4 Å². The molecule has 1 aliphatic heterocycles. The predicted octanol–water partition coefficient (Wildman–Crippen LogP) is 2.11. The summed E-state index contributed by atoms with van der Waals surface area (Å²) >= 11 is 0. The number of nitrogens with zero attached hydrogens (tertiary/aromatic N) is 2. The minimum absolute atomic E-state index is 0.0236. The van der Waals surface area contributed by atoms with Crippen LogP contribution in [0.25, 0.3) is 0 Å². The molecule has 3 rings (SSSR count). The molecule has 1 fully saturated rings. The van der Waals surface area contributed by atoms with Crippen molar-refractivity contribution in [2.75, 3.05) is 19.6 Å². The van der Waals surface area contributed by atoms with Gasteiger partial charge in [0.05, 0.1) is 17.7 Å². The van der Waals surface area contributed by atoms with E-state index >= 15 is 0 Å². The summed E-state index contributed by atoms with van der Waals surface area (Å²) in [5, 5.41) is 2.58. The minimum Gasteiger partial charge on any atom is -0.467 e. The van der Waals surface area contributed by atoms with Gasteiger partial charge in [-0.3, -0.25) is 4.79 Å². The van der Waals surface area contributed by atoms with Gasteiger partial charge in [0, 0.05) is 13.1 Å². The van der Waals surface area contributed by atoms with E-state index in [2.05, 4.69) is 5.32 Å². The Morgan fingerprint density at radius 2 is 1.82 bits per heavy atom. The van der Waals surface area contributed by atoms with E-state index in [0.717, 1.165) is 18.4 Å². The fourth-order valence-corrected chi connectivity index (χ4v) is 4.29. The van der Waals surface area contributed by atoms with Gasteiger partial charge in [0.15, 0.2) is 0 Å². The first-order valence-corrected chi connectivity index (χ1v) is 10.5. The molecule has 9 heteroatoms. The van der Waals surface area contributed by atoms with Crippen LogP contribution in [0, 0.1) is 6.92 Å². The van der Waals surface area contributed by atoms with Crippen LogP contribution in [-0.4, -0.2) is 49.2 Å². The molecule has 8 nitrogen and oxygen atoms in total. The number of furan rings is 1. The molecule has 1 aromatic carbocycles. The lowest BCUT2D eigenvalue weighted by Crippen LogP contribution is -2.49. The summed E-state index contributed by atoms with van der Waals surface area (Å²) in [5.41, 5.74) is 0.896. The van der Waals surface area contributed by atoms with Gasteiger partial charge in [-0.15, -0.1) is 0 Å². The zero-order chi connectivity index (χ0) is 20.1. The lowest BCUT2D eigenvalue weighted by atomic mass is 10.2. The maximum Gasteiger partial charge on any atom is 0.334 e. The second-order valence-electron chi connectivity index (χ2n) is 6.66. The lowest BCUT2D eigenvalue weighted by Gasteiger charge is -2.27. The van der Waals surface area contributed by atoms with E-state index in [1.165, 1.54) is 23.3 Å². The third-order valence-electron chi connectivity index (χ3n) is 4.53. The Morgan fingerprint density at radius 3 is 2.43 bits per heavy atom. The molecule has 1 aliphatic rings. The van der Waals surface area contributed by atoms with E-state index in [4.69, 9.17) is 4.42 Å². The van der Waals surface area contributed by atoms with Crippen molar-refractivity contribution in [1.29, 1.82) is 0 Å². The van der Waals surface area contributed by atoms with Crippen LogP contribution < -0.4 is 5.32 Å². The quantitative estimate of drug-likeness (QED) is 0.793. The maximum absolute atomic E-state index is 13.1. The number of amides is 3. The summed E-state index contributed by atoms with van der Waals surface area (Å²) in [7, 11) is -4.16. The SMILES string of the molecule is Cc1ccc(S(=O)(=O)N(CC(=O)NCc2ccco2)C(=O)N2CCCC2)cc1. The van der Waals surface area contributed by atoms with E-state index in [-0.39, 0.29) is 11.4 Å². The molecular formula is C19H23N3O5S. The van der Waals surface area contributed by atoms with Crippen LogP contribution in [0.2, 0.25) is 0 Å². The fourth-order valence-electron chi connectivity index (χ4n) is 2.94. The van der Waals surface area contributed by atoms with Gasteiger partial charge in [-0.05, 0) is 44.0 Å². The molecule has 0 unspecified atom stereocenters. The lowest BCUT2D eigenvalue weighted by molar-refractivity contribution is -0.121. The van der Waals surface area contributed by atoms with Gasteiger partial charge in [-0.25, -0.2) is 17.5 Å². The Morgan fingerprint density at radius 1 is 1.14 bits per heavy atom. The Bertz CT molecular complexity index is 917. The topological polar surface area (TPSA) is 99.9 Å². The molecule has 1 N–H and O–H groups in total. The van der Waals surface area contributed by atoms with Crippen molar-refractivity contribution in [3.63, 3.8) is 0 Å². The zero-order valence-corrected chi connectivity index (χ0v) is 16.4. The summed E-state index contributed by atoms with van der Waals surface area (Å²) in [5.74, 6) is -0.0493. The monoisotopic (exact) mass is 405 g/mol. The number of carbonyl (C=O) groups excluding carboxylic acids is 2. The highest BCUT2D eigenvalue weighted by atomic mass is 32.2. The van der Waals surface area contributed by atoms with Gasteiger partial charge in [-0.2, -0.15) is 0 Å². The highest BCUT2D eigenvalue weighted by molar-refractivity contribution is 7.89. The van der Waals surface area contributed by atoms with Crippen molar-refractivity contribution in [2.45, 2.75) is 31.2 Å². The first-order chi connectivity index (χ1) is 13.4. The van der Waals surface area contributed by atoms with E-state index in [1.807, 2.05) is 6.92 Å². The van der Waals surface area contributed by atoms with Gasteiger partial charge in [0.25, 0.3) is 10.0 Å². The van der Waals surface area contributed by atoms with Crippen LogP contribution in [0.4, 0.5) is 4.79 Å². The number of sulfonamides is 1. The molecule has 3 amide bonds. The molecule has 150 valence electrons. The molecule has 2 aromatic rings. The normalized spacial score (nSPS) is 14.1. The van der Waals surface area contributed by atoms with Crippen LogP contribution in [0.3, 0.4) is 0 Å². The third-order valence-corrected chi connectivity index (χ3v) is 6.26. The molecule has 0 bridgehead atoms. The second-order valence-corrected chi connectivity index (χ2v) is 8.52. The molecule has 1 aromatic heterocycles. The van der Waals surface area contributed by atoms with Crippen LogP contribution in [0.15, 0.2) is 52.0 Å². The van der Waals surface area contributed by atoms with E-state index in [9.17, 15) is 18.0 Å². The fraction of sp³-hybridized carbons (Fsp3) is 0.368. The average Bonchev–Trinajstić information content (AvgIpc) is 3.38. The Labute approximate surface area is 164 Å². The largest absolute Gasteiger partial charge is 0.467 e. The third kappa shape index (κ3) is 4.53. The number of carbonyl (C=O) groups is 2. The number of likely N-dealkylation sites (tertiary alicyclic amines) is 1. The molecule has 0 saturated carbocycles. The van der Waals surface area contributed by atoms with Gasteiger partial charge in [-0.1, -0.05) is 17.7 Å². The number of rotatable bonds is 6. The molecule has 0 radical (unpaired) electrons. The van der Waals surface area contributed by atoms with Crippen molar-refractivity contribution in [3.05, 3.63) is 54.0 Å². The average molecular weight is 405 g/mol. The summed E-state index contributed by atoms with van der Waals surface area (Å²) in [6.45, 7) is 2.32. The molecule has 28 heavy (non-hydrogen) atoms. The second kappa shape index (κ2) is 8.47. The highest BCUT2D eigenvalue weighted by Crippen LogP contribution is 2.20. The number of aryl methyl sites for hydroxylation is 1. The summed E-state index contributed by atoms with van der Waals surface area (Å²) in [6, 6.07) is 8.89. The summed E-state index contributed by atoms with van der Waals surface area (Å²) in [4.78, 5) is 26.7. The zero-order valence-electron chi connectivity index (χ0n) is 15.6. The molecular weight excluding hydrogens is 382 g/mol. The number of nitrogens with one attached hydrogen (secondary N) is 1. The van der Waals surface area contributed by atoms with Crippen molar-refractivity contribution in [3.8, 4) is 0 Å². The van der Waals surface area contributed by atoms with Crippen molar-refractivity contribution >= 4 is 22.0 Å². The molecule has 1 saturated heterocycles. The van der Waals surface area contributed by atoms with Crippen molar-refractivity contribution < 1.29 is 22.4 Å². The number of hydrogen-bond acceptors (Lipinski definition) is 5. The predicted molar refractivity (Wildman–Crippen MR) is 102 cm³/mol. The Hall–Kier alpha value is -2.81. The van der Waals surface area contributed by atoms with Crippen LogP contribution >= 0.6 is 0 Å². The maximum atomic E-state index is 13.1. The first-order valence-electron chi connectivity index (χ1n) is 9.05. The van der Waals surface area contributed by atoms with E-state index < -0.39 is 28.5 Å². The van der Waals surface area contributed by atoms with Gasteiger partial charge in [0.1, 0.15) is 12.3 Å². The van der Waals surface area contributed by atoms with Gasteiger partial charge < -0.3 is 14.6 Å². The van der Waals surface area contributed by atoms with Crippen molar-refractivity contribution in [2.24, 2.45) is 0 Å². The van der Waals surface area contributed by atoms with Crippen LogP contribution in [0.1, 0.15) is 24.2 Å². The molecule has 0 aliphatic carbocycles.